The Labute approximate surface area is 110 Å². The van der Waals surface area contributed by atoms with Crippen LogP contribution in [-0.4, -0.2) is 9.97 Å². The minimum atomic E-state index is -0.568. The van der Waals surface area contributed by atoms with Crippen LogP contribution in [-0.2, 0) is 0 Å². The van der Waals surface area contributed by atoms with E-state index < -0.39 is 11.6 Å². The number of nitrogens with zero attached hydrogens (tertiary/aromatic N) is 2. The molecule has 0 radical (unpaired) electrons. The first-order chi connectivity index (χ1) is 9.13. The molecule has 3 aromatic rings. The summed E-state index contributed by atoms with van der Waals surface area (Å²) in [6, 6.07) is 4.95. The molecule has 3 rings (SSSR count). The lowest BCUT2D eigenvalue weighted by Gasteiger charge is -2.08. The molecule has 7 heteroatoms. The van der Waals surface area contributed by atoms with Gasteiger partial charge in [-0.15, -0.1) is 11.3 Å². The van der Waals surface area contributed by atoms with Gasteiger partial charge in [-0.05, 0) is 23.6 Å². The highest BCUT2D eigenvalue weighted by molar-refractivity contribution is 7.16. The van der Waals surface area contributed by atoms with Gasteiger partial charge in [0.1, 0.15) is 22.3 Å². The molecule has 3 N–H and O–H groups in total. The topological polar surface area (TPSA) is 63.8 Å². The first-order valence-electron chi connectivity index (χ1n) is 5.36. The first-order valence-corrected chi connectivity index (χ1v) is 6.24. The predicted octanol–water partition coefficient (Wildman–Crippen LogP) is 3.30. The summed E-state index contributed by atoms with van der Waals surface area (Å²) in [5.74, 6) is -0.669. The molecule has 0 amide bonds. The molecular formula is C12H8F2N4S. The third kappa shape index (κ3) is 2.19. The van der Waals surface area contributed by atoms with Gasteiger partial charge in [0.25, 0.3) is 0 Å². The number of anilines is 3. The molecule has 0 unspecified atom stereocenters. The van der Waals surface area contributed by atoms with E-state index in [1.54, 1.807) is 6.07 Å². The summed E-state index contributed by atoms with van der Waals surface area (Å²) in [4.78, 5) is 8.75. The van der Waals surface area contributed by atoms with Crippen molar-refractivity contribution >= 4 is 39.0 Å². The van der Waals surface area contributed by atoms with Crippen molar-refractivity contribution in [3.8, 4) is 0 Å². The van der Waals surface area contributed by atoms with Crippen LogP contribution in [0, 0.1) is 11.6 Å². The molecule has 0 saturated carbocycles. The van der Waals surface area contributed by atoms with E-state index in [1.807, 2.05) is 5.38 Å². The van der Waals surface area contributed by atoms with E-state index in [4.69, 9.17) is 5.73 Å². The molecule has 2 heterocycles. The zero-order valence-corrected chi connectivity index (χ0v) is 10.3. The lowest BCUT2D eigenvalue weighted by atomic mass is 10.3. The lowest BCUT2D eigenvalue weighted by molar-refractivity contribution is 0.603. The number of aromatic nitrogens is 2. The second-order valence-corrected chi connectivity index (χ2v) is 4.71. The summed E-state index contributed by atoms with van der Waals surface area (Å²) in [5, 5.41) is 5.28. The number of hydrogen-bond donors (Lipinski definition) is 2. The Bertz CT molecular complexity index is 757. The van der Waals surface area contributed by atoms with Gasteiger partial charge >= 0.3 is 0 Å². The van der Waals surface area contributed by atoms with Gasteiger partial charge in [0.2, 0.25) is 5.95 Å². The Balaban J connectivity index is 2.10. The Kier molecular flexibility index (Phi) is 2.75. The molecule has 0 saturated heterocycles. The first kappa shape index (κ1) is 11.8. The molecule has 0 spiro atoms. The van der Waals surface area contributed by atoms with Gasteiger partial charge in [-0.1, -0.05) is 0 Å². The third-order valence-corrected chi connectivity index (χ3v) is 3.33. The summed E-state index contributed by atoms with van der Waals surface area (Å²) < 4.78 is 26.7. The number of nitrogen functional groups attached to an aromatic ring is 1. The van der Waals surface area contributed by atoms with Gasteiger partial charge in [-0.2, -0.15) is 4.98 Å². The van der Waals surface area contributed by atoms with Crippen molar-refractivity contribution < 1.29 is 8.78 Å². The zero-order chi connectivity index (χ0) is 13.4. The number of rotatable bonds is 2. The maximum atomic E-state index is 13.6. The Hall–Kier alpha value is -2.28. The van der Waals surface area contributed by atoms with E-state index in [1.165, 1.54) is 11.3 Å². The second kappa shape index (κ2) is 4.43. The van der Waals surface area contributed by atoms with Gasteiger partial charge < -0.3 is 11.1 Å². The van der Waals surface area contributed by atoms with E-state index in [0.29, 0.717) is 16.0 Å². The molecule has 2 aromatic heterocycles. The Morgan fingerprint density at radius 3 is 2.84 bits per heavy atom. The lowest BCUT2D eigenvalue weighted by Crippen LogP contribution is -2.01. The number of nitrogens with one attached hydrogen (secondary N) is 1. The second-order valence-electron chi connectivity index (χ2n) is 3.82. The van der Waals surface area contributed by atoms with Crippen LogP contribution in [0.2, 0.25) is 0 Å². The zero-order valence-electron chi connectivity index (χ0n) is 9.52. The third-order valence-electron chi connectivity index (χ3n) is 2.52. The van der Waals surface area contributed by atoms with Gasteiger partial charge in [-0.3, -0.25) is 0 Å². The SMILES string of the molecule is Nc1nc(Nc2cc(F)ccc2F)c2ccsc2n1. The average molecular weight is 278 g/mol. The molecule has 96 valence electrons. The molecule has 0 atom stereocenters. The smallest absolute Gasteiger partial charge is 0.223 e. The van der Waals surface area contributed by atoms with Crippen LogP contribution in [0.5, 0.6) is 0 Å². The number of thiophene rings is 1. The highest BCUT2D eigenvalue weighted by Gasteiger charge is 2.10. The fourth-order valence-corrected chi connectivity index (χ4v) is 2.46. The van der Waals surface area contributed by atoms with E-state index in [-0.39, 0.29) is 11.6 Å². The monoisotopic (exact) mass is 278 g/mol. The highest BCUT2D eigenvalue weighted by atomic mass is 32.1. The Morgan fingerprint density at radius 2 is 2.00 bits per heavy atom. The number of benzene rings is 1. The molecule has 0 aliphatic heterocycles. The quantitative estimate of drug-likeness (QED) is 0.755. The minimum Gasteiger partial charge on any atom is -0.368 e. The fourth-order valence-electron chi connectivity index (χ4n) is 1.69. The van der Waals surface area contributed by atoms with Crippen LogP contribution in [0.4, 0.5) is 26.2 Å². The van der Waals surface area contributed by atoms with Gasteiger partial charge in [0.15, 0.2) is 0 Å². The van der Waals surface area contributed by atoms with Crippen LogP contribution in [0.3, 0.4) is 0 Å². The maximum Gasteiger partial charge on any atom is 0.223 e. The summed E-state index contributed by atoms with van der Waals surface area (Å²) >= 11 is 1.39. The van der Waals surface area contributed by atoms with Crippen molar-refractivity contribution in [2.24, 2.45) is 0 Å². The van der Waals surface area contributed by atoms with Gasteiger partial charge in [0, 0.05) is 6.07 Å². The molecule has 0 bridgehead atoms. The average Bonchev–Trinajstić information content (AvgIpc) is 2.82. The Morgan fingerprint density at radius 1 is 1.16 bits per heavy atom. The van der Waals surface area contributed by atoms with Crippen LogP contribution >= 0.6 is 11.3 Å². The van der Waals surface area contributed by atoms with E-state index in [9.17, 15) is 8.78 Å². The number of fused-ring (bicyclic) bond motifs is 1. The maximum absolute atomic E-state index is 13.6. The van der Waals surface area contributed by atoms with Crippen LogP contribution < -0.4 is 11.1 Å². The van der Waals surface area contributed by atoms with Crippen molar-refractivity contribution in [1.82, 2.24) is 9.97 Å². The normalized spacial score (nSPS) is 10.8. The number of halogens is 2. The van der Waals surface area contributed by atoms with Crippen LogP contribution in [0.1, 0.15) is 0 Å². The van der Waals surface area contributed by atoms with Crippen molar-refractivity contribution in [2.75, 3.05) is 11.1 Å². The van der Waals surface area contributed by atoms with Crippen molar-refractivity contribution in [3.63, 3.8) is 0 Å². The summed E-state index contributed by atoms with van der Waals surface area (Å²) in [5.41, 5.74) is 5.59. The molecule has 19 heavy (non-hydrogen) atoms. The molecule has 1 aromatic carbocycles. The largest absolute Gasteiger partial charge is 0.368 e. The van der Waals surface area contributed by atoms with Crippen LogP contribution in [0.25, 0.3) is 10.2 Å². The summed E-state index contributed by atoms with van der Waals surface area (Å²) in [7, 11) is 0. The van der Waals surface area contributed by atoms with Crippen molar-refractivity contribution in [1.29, 1.82) is 0 Å². The molecule has 0 fully saturated rings. The molecular weight excluding hydrogens is 270 g/mol. The fraction of sp³-hybridized carbons (Fsp3) is 0. The standard InChI is InChI=1S/C12H8F2N4S/c13-6-1-2-8(14)9(5-6)16-10-7-3-4-19-11(7)18-12(15)17-10/h1-5H,(H3,15,16,17,18). The number of nitrogens with two attached hydrogens (primary N) is 1. The molecule has 4 nitrogen and oxygen atoms in total. The summed E-state index contributed by atoms with van der Waals surface area (Å²) in [6.45, 7) is 0. The summed E-state index contributed by atoms with van der Waals surface area (Å²) in [6.07, 6.45) is 0. The van der Waals surface area contributed by atoms with Crippen molar-refractivity contribution in [2.45, 2.75) is 0 Å². The van der Waals surface area contributed by atoms with Gasteiger partial charge in [0.05, 0.1) is 11.1 Å². The minimum absolute atomic E-state index is 0.00519. The van der Waals surface area contributed by atoms with E-state index >= 15 is 0 Å². The van der Waals surface area contributed by atoms with Crippen LogP contribution in [0.15, 0.2) is 29.6 Å². The van der Waals surface area contributed by atoms with Gasteiger partial charge in [-0.25, -0.2) is 13.8 Å². The molecule has 0 aliphatic rings. The highest BCUT2D eigenvalue weighted by Crippen LogP contribution is 2.29. The van der Waals surface area contributed by atoms with Crippen molar-refractivity contribution in [3.05, 3.63) is 41.3 Å². The van der Waals surface area contributed by atoms with E-state index in [2.05, 4.69) is 15.3 Å². The molecule has 0 aliphatic carbocycles. The van der Waals surface area contributed by atoms with E-state index in [0.717, 1.165) is 18.2 Å². The number of hydrogen-bond acceptors (Lipinski definition) is 5. The predicted molar refractivity (Wildman–Crippen MR) is 71.5 cm³/mol.